The van der Waals surface area contributed by atoms with Crippen LogP contribution in [-0.2, 0) is 14.3 Å². The summed E-state index contributed by atoms with van der Waals surface area (Å²) in [6.45, 7) is 5.28. The van der Waals surface area contributed by atoms with E-state index in [4.69, 9.17) is 19.6 Å². The van der Waals surface area contributed by atoms with Crippen molar-refractivity contribution in [3.63, 3.8) is 0 Å². The van der Waals surface area contributed by atoms with Crippen LogP contribution in [0.3, 0.4) is 0 Å². The molecule has 0 aliphatic carbocycles. The Morgan fingerprint density at radius 2 is 1.63 bits per heavy atom. The van der Waals surface area contributed by atoms with Gasteiger partial charge < -0.3 is 34.7 Å². The molecule has 3 aromatic carbocycles. The summed E-state index contributed by atoms with van der Waals surface area (Å²) >= 11 is 0. The minimum atomic E-state index is -0.515. The number of piperazine rings is 1. The number of aryl methyl sites for hydroxylation is 1. The zero-order chi connectivity index (χ0) is 29.4. The number of nitrogens with one attached hydrogen (secondary N) is 2. The van der Waals surface area contributed by atoms with Crippen LogP contribution in [0.1, 0.15) is 12.5 Å². The Balaban J connectivity index is 1.63. The van der Waals surface area contributed by atoms with E-state index in [1.807, 2.05) is 24.0 Å². The van der Waals surface area contributed by atoms with E-state index >= 15 is 0 Å². The average molecular weight is 561 g/mol. The van der Waals surface area contributed by atoms with Gasteiger partial charge in [0.05, 0.1) is 0 Å². The summed E-state index contributed by atoms with van der Waals surface area (Å²) in [6.07, 6.45) is 1.10. The number of rotatable bonds is 10. The predicted octanol–water partition coefficient (Wildman–Crippen LogP) is 4.83. The van der Waals surface area contributed by atoms with E-state index in [0.29, 0.717) is 54.6 Å². The number of benzene rings is 3. The van der Waals surface area contributed by atoms with E-state index in [1.165, 1.54) is 26.2 Å². The normalized spacial score (nSPS) is 13.8. The number of ether oxygens (including phenoxy) is 3. The number of anilines is 1. The van der Waals surface area contributed by atoms with Crippen molar-refractivity contribution in [1.29, 1.82) is 5.41 Å². The highest BCUT2D eigenvalue weighted by Crippen LogP contribution is 2.32. The Morgan fingerprint density at radius 3 is 2.24 bits per heavy atom. The highest BCUT2D eigenvalue weighted by Gasteiger charge is 2.26. The topological polar surface area (TPSA) is 104 Å². The third-order valence-corrected chi connectivity index (χ3v) is 6.61. The van der Waals surface area contributed by atoms with Crippen LogP contribution >= 0.6 is 0 Å². The summed E-state index contributed by atoms with van der Waals surface area (Å²) in [5, 5.41) is 11.0. The van der Waals surface area contributed by atoms with Crippen LogP contribution in [0.4, 0.5) is 10.1 Å². The molecule has 0 spiro atoms. The monoisotopic (exact) mass is 560 g/mol. The Kier molecular flexibility index (Phi) is 9.70. The highest BCUT2D eigenvalue weighted by molar-refractivity contribution is 6.06. The zero-order valence-corrected chi connectivity index (χ0v) is 23.3. The third-order valence-electron chi connectivity index (χ3n) is 6.61. The van der Waals surface area contributed by atoms with E-state index in [9.17, 15) is 14.0 Å². The van der Waals surface area contributed by atoms with Crippen molar-refractivity contribution in [3.8, 4) is 22.6 Å². The summed E-state index contributed by atoms with van der Waals surface area (Å²) in [7, 11) is 1.48. The molecular weight excluding hydrogens is 527 g/mol. The van der Waals surface area contributed by atoms with E-state index in [2.05, 4.69) is 5.32 Å². The summed E-state index contributed by atoms with van der Waals surface area (Å²) in [4.78, 5) is 28.9. The van der Waals surface area contributed by atoms with Crippen LogP contribution in [-0.4, -0.2) is 67.9 Å². The molecule has 1 aliphatic rings. The lowest BCUT2D eigenvalue weighted by Gasteiger charge is -2.36. The molecule has 2 amide bonds. The van der Waals surface area contributed by atoms with Gasteiger partial charge in [-0.15, -0.1) is 0 Å². The fraction of sp³-hybridized carbons (Fsp3) is 0.258. The molecule has 0 atom stereocenters. The molecule has 1 saturated heterocycles. The maximum atomic E-state index is 13.8. The molecule has 41 heavy (non-hydrogen) atoms. The van der Waals surface area contributed by atoms with Crippen molar-refractivity contribution < 1.29 is 28.2 Å². The van der Waals surface area contributed by atoms with E-state index in [0.717, 1.165) is 17.3 Å². The molecule has 0 bridgehead atoms. The Labute approximate surface area is 238 Å². The molecule has 1 fully saturated rings. The van der Waals surface area contributed by atoms with E-state index in [1.54, 1.807) is 47.4 Å². The van der Waals surface area contributed by atoms with Crippen LogP contribution in [0.2, 0.25) is 0 Å². The van der Waals surface area contributed by atoms with E-state index < -0.39 is 11.7 Å². The average Bonchev–Trinajstić information content (AvgIpc) is 2.98. The van der Waals surface area contributed by atoms with E-state index in [-0.39, 0.29) is 18.5 Å². The third kappa shape index (κ3) is 7.49. The number of carbonyl (C=O) groups is 2. The zero-order valence-electron chi connectivity index (χ0n) is 23.3. The van der Waals surface area contributed by atoms with Crippen LogP contribution < -0.4 is 14.8 Å². The smallest absolute Gasteiger partial charge is 0.293 e. The first-order valence-corrected chi connectivity index (χ1v) is 13.1. The second-order valence-corrected chi connectivity index (χ2v) is 9.49. The van der Waals surface area contributed by atoms with Gasteiger partial charge in [0.2, 0.25) is 11.7 Å². The molecule has 0 unspecified atom stereocenters. The molecule has 0 radical (unpaired) electrons. The SMILES string of the molecule is COCOc1cc(F)ccc1-c1ccc(O/C(C(=O)Nc2ccc(C)cc2)=C(/C=N)N2CCN(C(C)=O)CC2)cc1. The fourth-order valence-electron chi connectivity index (χ4n) is 4.40. The fourth-order valence-corrected chi connectivity index (χ4v) is 4.40. The summed E-state index contributed by atoms with van der Waals surface area (Å²) < 4.78 is 30.5. The predicted molar refractivity (Wildman–Crippen MR) is 154 cm³/mol. The number of methoxy groups -OCH3 is 1. The van der Waals surface area contributed by atoms with Crippen molar-refractivity contribution in [2.24, 2.45) is 0 Å². The molecule has 0 aromatic heterocycles. The number of amides is 2. The molecule has 4 rings (SSSR count). The lowest BCUT2D eigenvalue weighted by Crippen LogP contribution is -2.48. The Bertz CT molecular complexity index is 1420. The van der Waals surface area contributed by atoms with Gasteiger partial charge in [0.1, 0.15) is 23.0 Å². The van der Waals surface area contributed by atoms with Gasteiger partial charge in [-0.1, -0.05) is 29.8 Å². The first-order chi connectivity index (χ1) is 19.8. The maximum Gasteiger partial charge on any atom is 0.293 e. The maximum absolute atomic E-state index is 13.8. The number of hydrogen-bond acceptors (Lipinski definition) is 7. The second kappa shape index (κ2) is 13.6. The summed E-state index contributed by atoms with van der Waals surface area (Å²) in [5.74, 6) is -0.316. The number of halogens is 1. The molecule has 2 N–H and O–H groups in total. The molecular formula is C31H33FN4O5. The van der Waals surface area contributed by atoms with Gasteiger partial charge in [0.25, 0.3) is 5.91 Å². The number of hydrogen-bond donors (Lipinski definition) is 2. The number of allylic oxidation sites excluding steroid dienone is 1. The molecule has 10 heteroatoms. The molecule has 3 aromatic rings. The Hall–Kier alpha value is -4.70. The highest BCUT2D eigenvalue weighted by atomic mass is 19.1. The molecule has 1 aliphatic heterocycles. The van der Waals surface area contributed by atoms with Crippen LogP contribution in [0.15, 0.2) is 78.2 Å². The quantitative estimate of drug-likeness (QED) is 0.159. The van der Waals surface area contributed by atoms with Gasteiger partial charge in [0, 0.05) is 63.7 Å². The molecule has 0 saturated carbocycles. The minimum absolute atomic E-state index is 0.0179. The second-order valence-electron chi connectivity index (χ2n) is 9.49. The molecule has 1 heterocycles. The van der Waals surface area contributed by atoms with Gasteiger partial charge in [0.15, 0.2) is 6.79 Å². The lowest BCUT2D eigenvalue weighted by atomic mass is 10.0. The van der Waals surface area contributed by atoms with Crippen LogP contribution in [0, 0.1) is 18.2 Å². The standard InChI is InChI=1S/C31H33FN4O5/c1-21-4-9-25(10-5-21)34-31(38)30(28(19-33)36-16-14-35(15-17-36)22(2)37)41-26-11-6-23(7-12-26)27-13-8-24(32)18-29(27)40-20-39-3/h4-13,18-19,33H,14-17,20H2,1-3H3,(H,34,38)/b30-28-,33-19?. The number of carbonyl (C=O) groups excluding carboxylic acids is 2. The lowest BCUT2D eigenvalue weighted by molar-refractivity contribution is -0.130. The Morgan fingerprint density at radius 1 is 0.976 bits per heavy atom. The van der Waals surface area contributed by atoms with Crippen LogP contribution in [0.25, 0.3) is 11.1 Å². The first kappa shape index (κ1) is 29.3. The van der Waals surface area contributed by atoms with Crippen LogP contribution in [0.5, 0.6) is 11.5 Å². The number of nitrogens with zero attached hydrogens (tertiary/aromatic N) is 2. The summed E-state index contributed by atoms with van der Waals surface area (Å²) in [6, 6.07) is 18.5. The first-order valence-electron chi connectivity index (χ1n) is 13.1. The largest absolute Gasteiger partial charge is 0.467 e. The van der Waals surface area contributed by atoms with Crippen molar-refractivity contribution in [2.45, 2.75) is 13.8 Å². The van der Waals surface area contributed by atoms with Gasteiger partial charge in [-0.25, -0.2) is 4.39 Å². The van der Waals surface area contributed by atoms with Crippen molar-refractivity contribution >= 4 is 23.7 Å². The van der Waals surface area contributed by atoms with Crippen molar-refractivity contribution in [3.05, 3.63) is 89.6 Å². The van der Waals surface area contributed by atoms with Gasteiger partial charge in [-0.2, -0.15) is 0 Å². The van der Waals surface area contributed by atoms with Crippen molar-refractivity contribution in [2.75, 3.05) is 45.4 Å². The molecule has 9 nitrogen and oxygen atoms in total. The molecule has 214 valence electrons. The minimum Gasteiger partial charge on any atom is -0.467 e. The van der Waals surface area contributed by atoms with Gasteiger partial charge in [-0.3, -0.25) is 9.59 Å². The summed E-state index contributed by atoms with van der Waals surface area (Å²) in [5.41, 5.74) is 3.34. The van der Waals surface area contributed by atoms with Crippen molar-refractivity contribution in [1.82, 2.24) is 9.80 Å². The van der Waals surface area contributed by atoms with Gasteiger partial charge in [-0.05, 0) is 48.9 Å². The van der Waals surface area contributed by atoms with Gasteiger partial charge >= 0.3 is 0 Å².